The van der Waals surface area contributed by atoms with Gasteiger partial charge in [-0.2, -0.15) is 0 Å². The van der Waals surface area contributed by atoms with Gasteiger partial charge in [-0.05, 0) is 42.9 Å². The van der Waals surface area contributed by atoms with Gasteiger partial charge in [0.2, 0.25) is 0 Å². The molecule has 0 radical (unpaired) electrons. The van der Waals surface area contributed by atoms with Crippen LogP contribution < -0.4 is 0 Å². The maximum atomic E-state index is 11.1. The Bertz CT molecular complexity index is 272. The molecule has 0 saturated heterocycles. The predicted molar refractivity (Wildman–Crippen MR) is 75.2 cm³/mol. The minimum absolute atomic E-state index is 0.296. The van der Waals surface area contributed by atoms with E-state index in [4.69, 9.17) is 4.74 Å². The van der Waals surface area contributed by atoms with Crippen LogP contribution in [0.15, 0.2) is 12.7 Å². The van der Waals surface area contributed by atoms with Crippen LogP contribution in [0.4, 0.5) is 0 Å². The van der Waals surface area contributed by atoms with Gasteiger partial charge < -0.3 is 4.74 Å². The lowest BCUT2D eigenvalue weighted by molar-refractivity contribution is -0.139. The van der Waals surface area contributed by atoms with Crippen molar-refractivity contribution in [3.63, 3.8) is 0 Å². The monoisotopic (exact) mass is 252 g/mol. The predicted octanol–water partition coefficient (Wildman–Crippen LogP) is 4.20. The Morgan fingerprint density at radius 1 is 1.50 bits per heavy atom. The van der Waals surface area contributed by atoms with Gasteiger partial charge in [-0.25, -0.2) is 4.79 Å². The van der Waals surface area contributed by atoms with Crippen molar-refractivity contribution in [3.8, 4) is 0 Å². The van der Waals surface area contributed by atoms with Gasteiger partial charge in [-0.3, -0.25) is 0 Å². The molecule has 0 N–H and O–H groups in total. The molecular weight excluding hydrogens is 224 g/mol. The number of carbonyl (C=O) groups is 1. The maximum Gasteiger partial charge on any atom is 0.330 e. The van der Waals surface area contributed by atoms with Crippen molar-refractivity contribution in [1.29, 1.82) is 0 Å². The van der Waals surface area contributed by atoms with E-state index in [9.17, 15) is 4.79 Å². The van der Waals surface area contributed by atoms with Crippen molar-refractivity contribution >= 4 is 5.97 Å². The number of ether oxygens (including phenoxy) is 1. The molecule has 0 heterocycles. The molecule has 1 rings (SSSR count). The third-order valence-electron chi connectivity index (χ3n) is 4.45. The van der Waals surface area contributed by atoms with Crippen LogP contribution in [-0.4, -0.2) is 12.6 Å². The van der Waals surface area contributed by atoms with Crippen molar-refractivity contribution in [2.75, 3.05) is 6.61 Å². The van der Waals surface area contributed by atoms with Crippen molar-refractivity contribution in [2.24, 2.45) is 23.7 Å². The average Bonchev–Trinajstić information content (AvgIpc) is 2.80. The fourth-order valence-electron chi connectivity index (χ4n) is 3.10. The molecule has 1 fully saturated rings. The molecule has 0 aromatic rings. The summed E-state index contributed by atoms with van der Waals surface area (Å²) in [4.78, 5) is 11.1. The number of hydrogen-bond donors (Lipinski definition) is 0. The summed E-state index contributed by atoms with van der Waals surface area (Å²) in [5.41, 5.74) is 0. The summed E-state index contributed by atoms with van der Waals surface area (Å²) in [5.74, 6) is 2.73. The third-order valence-corrected chi connectivity index (χ3v) is 4.45. The molecule has 2 nitrogen and oxygen atoms in total. The quantitative estimate of drug-likeness (QED) is 0.501. The van der Waals surface area contributed by atoms with Gasteiger partial charge in [0.15, 0.2) is 0 Å². The van der Waals surface area contributed by atoms with Crippen molar-refractivity contribution < 1.29 is 9.53 Å². The molecule has 0 spiro atoms. The zero-order valence-electron chi connectivity index (χ0n) is 12.2. The summed E-state index contributed by atoms with van der Waals surface area (Å²) < 4.78 is 5.17. The Morgan fingerprint density at radius 2 is 2.22 bits per heavy atom. The Labute approximate surface area is 112 Å². The van der Waals surface area contributed by atoms with E-state index < -0.39 is 0 Å². The van der Waals surface area contributed by atoms with E-state index in [0.29, 0.717) is 12.5 Å². The number of rotatable bonds is 7. The van der Waals surface area contributed by atoms with Crippen LogP contribution in [0.25, 0.3) is 0 Å². The third kappa shape index (κ3) is 4.83. The van der Waals surface area contributed by atoms with E-state index in [0.717, 1.165) is 24.2 Å². The topological polar surface area (TPSA) is 26.3 Å². The van der Waals surface area contributed by atoms with E-state index in [1.165, 1.54) is 31.8 Å². The van der Waals surface area contributed by atoms with Gasteiger partial charge in [0.1, 0.15) is 0 Å². The Kier molecular flexibility index (Phi) is 6.45. The van der Waals surface area contributed by atoms with Crippen LogP contribution in [0, 0.1) is 23.7 Å². The fraction of sp³-hybridized carbons (Fsp3) is 0.812. The molecule has 1 saturated carbocycles. The highest BCUT2D eigenvalue weighted by atomic mass is 16.5. The van der Waals surface area contributed by atoms with Gasteiger partial charge in [0.05, 0.1) is 6.61 Å². The molecule has 0 bridgehead atoms. The summed E-state index contributed by atoms with van der Waals surface area (Å²) in [6.45, 7) is 10.9. The van der Waals surface area contributed by atoms with Gasteiger partial charge in [0.25, 0.3) is 0 Å². The second-order valence-electron chi connectivity index (χ2n) is 6.00. The SMILES string of the molecule is C=CC(=O)OCC(CC)CC(C)C1CCC(C)C1. The summed E-state index contributed by atoms with van der Waals surface area (Å²) in [6, 6.07) is 0. The Balaban J connectivity index is 2.32. The molecule has 4 unspecified atom stereocenters. The molecule has 0 amide bonds. The van der Waals surface area contributed by atoms with Crippen molar-refractivity contribution in [2.45, 2.75) is 52.9 Å². The fourth-order valence-corrected chi connectivity index (χ4v) is 3.10. The first-order chi connectivity index (χ1) is 8.56. The maximum absolute atomic E-state index is 11.1. The smallest absolute Gasteiger partial charge is 0.330 e. The lowest BCUT2D eigenvalue weighted by Crippen LogP contribution is -2.18. The van der Waals surface area contributed by atoms with Crippen LogP contribution in [0.5, 0.6) is 0 Å². The number of hydrogen-bond acceptors (Lipinski definition) is 2. The summed E-state index contributed by atoms with van der Waals surface area (Å²) >= 11 is 0. The first-order valence-electron chi connectivity index (χ1n) is 7.35. The lowest BCUT2D eigenvalue weighted by Gasteiger charge is -2.24. The van der Waals surface area contributed by atoms with Crippen LogP contribution in [0.2, 0.25) is 0 Å². The summed E-state index contributed by atoms with van der Waals surface area (Å²) in [7, 11) is 0. The second kappa shape index (κ2) is 7.60. The summed E-state index contributed by atoms with van der Waals surface area (Å²) in [5, 5.41) is 0. The van der Waals surface area contributed by atoms with E-state index in [1.807, 2.05) is 0 Å². The molecule has 0 aliphatic heterocycles. The van der Waals surface area contributed by atoms with Crippen LogP contribution in [0.3, 0.4) is 0 Å². The molecule has 1 aliphatic rings. The number of carbonyl (C=O) groups excluding carboxylic acids is 1. The first-order valence-corrected chi connectivity index (χ1v) is 7.35. The van der Waals surface area contributed by atoms with Crippen LogP contribution >= 0.6 is 0 Å². The van der Waals surface area contributed by atoms with Crippen LogP contribution in [-0.2, 0) is 9.53 Å². The molecule has 18 heavy (non-hydrogen) atoms. The van der Waals surface area contributed by atoms with Crippen molar-refractivity contribution in [3.05, 3.63) is 12.7 Å². The van der Waals surface area contributed by atoms with Gasteiger partial charge in [-0.1, -0.05) is 40.2 Å². The van der Waals surface area contributed by atoms with Gasteiger partial charge in [0, 0.05) is 6.08 Å². The van der Waals surface area contributed by atoms with E-state index in [1.54, 1.807) is 0 Å². The minimum atomic E-state index is -0.296. The minimum Gasteiger partial charge on any atom is -0.462 e. The van der Waals surface area contributed by atoms with Gasteiger partial charge >= 0.3 is 5.97 Å². The molecule has 0 aromatic carbocycles. The Hall–Kier alpha value is -0.790. The van der Waals surface area contributed by atoms with Crippen molar-refractivity contribution in [1.82, 2.24) is 0 Å². The first kappa shape index (κ1) is 15.3. The number of esters is 1. The van der Waals surface area contributed by atoms with E-state index in [2.05, 4.69) is 27.4 Å². The zero-order valence-corrected chi connectivity index (χ0v) is 12.2. The second-order valence-corrected chi connectivity index (χ2v) is 6.00. The largest absolute Gasteiger partial charge is 0.462 e. The standard InChI is InChI=1S/C16H28O2/c1-5-14(11-18-16(17)6-2)10-13(4)15-8-7-12(3)9-15/h6,12-15H,2,5,7-11H2,1,3-4H3. The highest BCUT2D eigenvalue weighted by Crippen LogP contribution is 2.38. The highest BCUT2D eigenvalue weighted by Gasteiger charge is 2.27. The molecule has 2 heteroatoms. The Morgan fingerprint density at radius 3 is 2.72 bits per heavy atom. The normalized spacial score (nSPS) is 26.6. The highest BCUT2D eigenvalue weighted by molar-refractivity contribution is 5.81. The van der Waals surface area contributed by atoms with Crippen LogP contribution in [0.1, 0.15) is 52.9 Å². The van der Waals surface area contributed by atoms with E-state index in [-0.39, 0.29) is 5.97 Å². The molecule has 4 atom stereocenters. The average molecular weight is 252 g/mol. The molecule has 0 aromatic heterocycles. The van der Waals surface area contributed by atoms with E-state index >= 15 is 0 Å². The summed E-state index contributed by atoms with van der Waals surface area (Å²) in [6.07, 6.45) is 7.65. The molecule has 1 aliphatic carbocycles. The molecular formula is C16H28O2. The zero-order chi connectivity index (χ0) is 13.5. The molecule has 104 valence electrons. The lowest BCUT2D eigenvalue weighted by atomic mass is 9.84. The van der Waals surface area contributed by atoms with Gasteiger partial charge in [-0.15, -0.1) is 0 Å².